The molecule has 0 radical (unpaired) electrons. The maximum absolute atomic E-state index is 13.3. The number of ether oxygens (including phenoxy) is 1. The Hall–Kier alpha value is -3.83. The van der Waals surface area contributed by atoms with Gasteiger partial charge in [-0.3, -0.25) is 4.79 Å². The molecular formula is C29H31N3O2. The average Bonchev–Trinajstić information content (AvgIpc) is 3.16. The van der Waals surface area contributed by atoms with E-state index in [1.165, 1.54) is 0 Å². The van der Waals surface area contributed by atoms with Crippen LogP contribution in [0.2, 0.25) is 0 Å². The van der Waals surface area contributed by atoms with Crippen molar-refractivity contribution < 1.29 is 9.53 Å². The minimum atomic E-state index is -0.0460. The van der Waals surface area contributed by atoms with Crippen LogP contribution in [0, 0.1) is 13.8 Å². The summed E-state index contributed by atoms with van der Waals surface area (Å²) in [5.41, 5.74) is 12.0. The quantitative estimate of drug-likeness (QED) is 0.350. The number of benzene rings is 3. The van der Waals surface area contributed by atoms with Crippen LogP contribution in [0.3, 0.4) is 0 Å². The zero-order valence-corrected chi connectivity index (χ0v) is 19.8. The molecule has 0 aliphatic rings. The number of hydrogen-bond donors (Lipinski definition) is 1. The van der Waals surface area contributed by atoms with Gasteiger partial charge in [0, 0.05) is 24.5 Å². The summed E-state index contributed by atoms with van der Waals surface area (Å²) < 4.78 is 8.07. The highest BCUT2D eigenvalue weighted by molar-refractivity contribution is 5.95. The van der Waals surface area contributed by atoms with Gasteiger partial charge in [-0.15, -0.1) is 0 Å². The Morgan fingerprint density at radius 3 is 2.09 bits per heavy atom. The third-order valence-electron chi connectivity index (χ3n) is 6.04. The standard InChI is InChI=1S/C29H31N3O2/c1-22-17-28(29(33)31(21-30)18-24-9-5-3-6-10-24)23(2)32(22)19-25-13-15-27(16-14-25)34-20-26-11-7-4-8-12-26/h3-17H,18-21,30H2,1-2H3. The largest absolute Gasteiger partial charge is 0.489 e. The summed E-state index contributed by atoms with van der Waals surface area (Å²) in [6.45, 7) is 5.92. The highest BCUT2D eigenvalue weighted by atomic mass is 16.5. The predicted octanol–water partition coefficient (Wildman–Crippen LogP) is 5.29. The molecule has 0 unspecified atom stereocenters. The topological polar surface area (TPSA) is 60.5 Å². The highest BCUT2D eigenvalue weighted by Crippen LogP contribution is 2.21. The van der Waals surface area contributed by atoms with Crippen LogP contribution in [0.5, 0.6) is 5.75 Å². The van der Waals surface area contributed by atoms with E-state index in [2.05, 4.69) is 28.8 Å². The SMILES string of the molecule is Cc1cc(C(=O)N(CN)Cc2ccccc2)c(C)n1Cc1ccc(OCc2ccccc2)cc1. The van der Waals surface area contributed by atoms with Crippen LogP contribution in [-0.2, 0) is 19.7 Å². The second-order valence-electron chi connectivity index (χ2n) is 8.46. The molecule has 0 saturated heterocycles. The molecule has 4 rings (SSSR count). The lowest BCUT2D eigenvalue weighted by atomic mass is 10.1. The summed E-state index contributed by atoms with van der Waals surface area (Å²) in [7, 11) is 0. The molecule has 0 saturated carbocycles. The molecule has 3 aromatic carbocycles. The van der Waals surface area contributed by atoms with Crippen LogP contribution >= 0.6 is 0 Å². The minimum absolute atomic E-state index is 0.0460. The van der Waals surface area contributed by atoms with Crippen molar-refractivity contribution in [3.8, 4) is 5.75 Å². The van der Waals surface area contributed by atoms with E-state index in [0.29, 0.717) is 25.3 Å². The Morgan fingerprint density at radius 2 is 1.47 bits per heavy atom. The number of carbonyl (C=O) groups is 1. The molecule has 0 bridgehead atoms. The van der Waals surface area contributed by atoms with E-state index in [1.807, 2.05) is 80.6 Å². The molecule has 174 valence electrons. The Labute approximate surface area is 201 Å². The van der Waals surface area contributed by atoms with Crippen molar-refractivity contribution in [1.29, 1.82) is 0 Å². The third-order valence-corrected chi connectivity index (χ3v) is 6.04. The van der Waals surface area contributed by atoms with Crippen molar-refractivity contribution in [2.24, 2.45) is 5.73 Å². The van der Waals surface area contributed by atoms with Crippen molar-refractivity contribution >= 4 is 5.91 Å². The van der Waals surface area contributed by atoms with Crippen LogP contribution < -0.4 is 10.5 Å². The second kappa shape index (κ2) is 10.9. The Balaban J connectivity index is 1.44. The third kappa shape index (κ3) is 5.56. The average molecular weight is 454 g/mol. The second-order valence-corrected chi connectivity index (χ2v) is 8.46. The number of nitrogens with two attached hydrogens (primary N) is 1. The monoisotopic (exact) mass is 453 g/mol. The van der Waals surface area contributed by atoms with Gasteiger partial charge >= 0.3 is 0 Å². The fourth-order valence-electron chi connectivity index (χ4n) is 4.07. The first-order chi connectivity index (χ1) is 16.5. The Bertz CT molecular complexity index is 1220. The lowest BCUT2D eigenvalue weighted by molar-refractivity contribution is 0.0747. The Kier molecular flexibility index (Phi) is 7.45. The number of carbonyl (C=O) groups excluding carboxylic acids is 1. The normalized spacial score (nSPS) is 10.8. The summed E-state index contributed by atoms with van der Waals surface area (Å²) in [5.74, 6) is 0.791. The molecule has 1 aromatic heterocycles. The van der Waals surface area contributed by atoms with Crippen molar-refractivity contribution in [1.82, 2.24) is 9.47 Å². The van der Waals surface area contributed by atoms with E-state index in [0.717, 1.165) is 33.8 Å². The van der Waals surface area contributed by atoms with Crippen molar-refractivity contribution in [3.63, 3.8) is 0 Å². The molecule has 0 spiro atoms. The maximum atomic E-state index is 13.3. The van der Waals surface area contributed by atoms with Crippen LogP contribution in [0.15, 0.2) is 91.0 Å². The molecule has 5 heteroatoms. The molecule has 1 heterocycles. The van der Waals surface area contributed by atoms with E-state index in [9.17, 15) is 4.79 Å². The fraction of sp³-hybridized carbons (Fsp3) is 0.207. The maximum Gasteiger partial charge on any atom is 0.257 e. The Morgan fingerprint density at radius 1 is 0.853 bits per heavy atom. The molecule has 4 aromatic rings. The smallest absolute Gasteiger partial charge is 0.257 e. The summed E-state index contributed by atoms with van der Waals surface area (Å²) in [6.07, 6.45) is 0. The van der Waals surface area contributed by atoms with Gasteiger partial charge < -0.3 is 19.9 Å². The molecule has 0 atom stereocenters. The first kappa shape index (κ1) is 23.3. The van der Waals surface area contributed by atoms with E-state index in [-0.39, 0.29) is 12.6 Å². The van der Waals surface area contributed by atoms with Gasteiger partial charge in [0.2, 0.25) is 0 Å². The van der Waals surface area contributed by atoms with Gasteiger partial charge in [-0.1, -0.05) is 72.8 Å². The minimum Gasteiger partial charge on any atom is -0.489 e. The summed E-state index contributed by atoms with van der Waals surface area (Å²) >= 11 is 0. The number of nitrogens with zero attached hydrogens (tertiary/aromatic N) is 2. The van der Waals surface area contributed by atoms with Gasteiger partial charge in [0.1, 0.15) is 12.4 Å². The van der Waals surface area contributed by atoms with Gasteiger partial charge in [0.05, 0.1) is 12.2 Å². The van der Waals surface area contributed by atoms with E-state index in [1.54, 1.807) is 4.90 Å². The summed E-state index contributed by atoms with van der Waals surface area (Å²) in [6, 6.07) is 30.1. The number of rotatable bonds is 9. The summed E-state index contributed by atoms with van der Waals surface area (Å²) in [4.78, 5) is 14.9. The molecule has 34 heavy (non-hydrogen) atoms. The molecule has 2 N–H and O–H groups in total. The van der Waals surface area contributed by atoms with Gasteiger partial charge in [-0.25, -0.2) is 0 Å². The first-order valence-electron chi connectivity index (χ1n) is 11.5. The molecule has 1 amide bonds. The molecule has 0 fully saturated rings. The molecular weight excluding hydrogens is 422 g/mol. The number of aromatic nitrogens is 1. The van der Waals surface area contributed by atoms with E-state index < -0.39 is 0 Å². The molecule has 5 nitrogen and oxygen atoms in total. The van der Waals surface area contributed by atoms with Crippen LogP contribution in [0.25, 0.3) is 0 Å². The molecule has 0 aliphatic heterocycles. The van der Waals surface area contributed by atoms with Crippen LogP contribution in [-0.4, -0.2) is 22.0 Å². The number of amides is 1. The van der Waals surface area contributed by atoms with Gasteiger partial charge in [-0.05, 0) is 48.7 Å². The highest BCUT2D eigenvalue weighted by Gasteiger charge is 2.21. The summed E-state index contributed by atoms with van der Waals surface area (Å²) in [5, 5.41) is 0. The van der Waals surface area contributed by atoms with E-state index in [4.69, 9.17) is 10.5 Å². The van der Waals surface area contributed by atoms with Crippen LogP contribution in [0.4, 0.5) is 0 Å². The van der Waals surface area contributed by atoms with Gasteiger partial charge in [0.15, 0.2) is 0 Å². The van der Waals surface area contributed by atoms with Crippen molar-refractivity contribution in [2.75, 3.05) is 6.67 Å². The van der Waals surface area contributed by atoms with Gasteiger partial charge in [0.25, 0.3) is 5.91 Å². The molecule has 0 aliphatic carbocycles. The first-order valence-corrected chi connectivity index (χ1v) is 11.5. The van der Waals surface area contributed by atoms with Crippen LogP contribution in [0.1, 0.15) is 38.4 Å². The van der Waals surface area contributed by atoms with E-state index >= 15 is 0 Å². The van der Waals surface area contributed by atoms with Crippen molar-refractivity contribution in [3.05, 3.63) is 125 Å². The lowest BCUT2D eigenvalue weighted by Crippen LogP contribution is -2.35. The zero-order valence-electron chi connectivity index (χ0n) is 19.8. The predicted molar refractivity (Wildman–Crippen MR) is 136 cm³/mol. The number of hydrogen-bond acceptors (Lipinski definition) is 3. The fourth-order valence-corrected chi connectivity index (χ4v) is 4.07. The number of aryl methyl sites for hydroxylation is 1. The van der Waals surface area contributed by atoms with Gasteiger partial charge in [-0.2, -0.15) is 0 Å². The lowest BCUT2D eigenvalue weighted by Gasteiger charge is -2.21. The zero-order chi connectivity index (χ0) is 23.9. The van der Waals surface area contributed by atoms with Crippen molar-refractivity contribution in [2.45, 2.75) is 33.5 Å².